The number of hydrogen-bond acceptors (Lipinski definition) is 4. The lowest BCUT2D eigenvalue weighted by Crippen LogP contribution is -2.62. The van der Waals surface area contributed by atoms with Crippen LogP contribution in [0.5, 0.6) is 0 Å². The minimum atomic E-state index is -1.22. The first-order valence-electron chi connectivity index (χ1n) is 7.82. The van der Waals surface area contributed by atoms with E-state index in [1.165, 1.54) is 31.9 Å². The molecule has 1 heterocycles. The van der Waals surface area contributed by atoms with Crippen LogP contribution in [0.4, 0.5) is 5.69 Å². The van der Waals surface area contributed by atoms with Crippen molar-refractivity contribution in [1.29, 1.82) is 0 Å². The van der Waals surface area contributed by atoms with E-state index in [0.717, 1.165) is 0 Å². The first kappa shape index (κ1) is 19.5. The SMILES string of the molecule is COC(=O)C1(N(C(C)=O)c2ccc(Cl)cc2Cl)CCN(C(C)=O)CC1. The van der Waals surface area contributed by atoms with Crippen molar-refractivity contribution < 1.29 is 19.1 Å². The Morgan fingerprint density at radius 1 is 1.16 bits per heavy atom. The van der Waals surface area contributed by atoms with Gasteiger partial charge in [-0.2, -0.15) is 0 Å². The van der Waals surface area contributed by atoms with Gasteiger partial charge in [0.25, 0.3) is 0 Å². The van der Waals surface area contributed by atoms with Crippen LogP contribution < -0.4 is 4.90 Å². The number of anilines is 1. The molecule has 136 valence electrons. The molecule has 0 spiro atoms. The first-order chi connectivity index (χ1) is 11.7. The fraction of sp³-hybridized carbons (Fsp3) is 0.471. The molecule has 25 heavy (non-hydrogen) atoms. The zero-order chi connectivity index (χ0) is 18.8. The number of carbonyl (C=O) groups is 3. The Balaban J connectivity index is 2.52. The molecule has 0 atom stereocenters. The highest BCUT2D eigenvalue weighted by Crippen LogP contribution is 2.39. The zero-order valence-corrected chi connectivity index (χ0v) is 15.9. The van der Waals surface area contributed by atoms with E-state index < -0.39 is 11.5 Å². The van der Waals surface area contributed by atoms with E-state index in [9.17, 15) is 14.4 Å². The summed E-state index contributed by atoms with van der Waals surface area (Å²) in [5, 5.41) is 0.691. The lowest BCUT2D eigenvalue weighted by atomic mass is 9.84. The fourth-order valence-corrected chi connectivity index (χ4v) is 3.76. The largest absolute Gasteiger partial charge is 0.467 e. The molecular weight excluding hydrogens is 367 g/mol. The molecule has 6 nitrogen and oxygen atoms in total. The van der Waals surface area contributed by atoms with Crippen molar-refractivity contribution in [1.82, 2.24) is 4.90 Å². The summed E-state index contributed by atoms with van der Waals surface area (Å²) in [5.41, 5.74) is -0.829. The number of methoxy groups -OCH3 is 1. The normalized spacial score (nSPS) is 16.3. The van der Waals surface area contributed by atoms with Crippen LogP contribution in [0.15, 0.2) is 18.2 Å². The average Bonchev–Trinajstić information content (AvgIpc) is 2.56. The molecule has 1 saturated heterocycles. The second-order valence-electron chi connectivity index (χ2n) is 5.98. The second-order valence-corrected chi connectivity index (χ2v) is 6.82. The minimum absolute atomic E-state index is 0.0719. The van der Waals surface area contributed by atoms with E-state index >= 15 is 0 Å². The second kappa shape index (κ2) is 7.62. The molecule has 0 saturated carbocycles. The topological polar surface area (TPSA) is 66.9 Å². The van der Waals surface area contributed by atoms with E-state index in [-0.39, 0.29) is 29.7 Å². The van der Waals surface area contributed by atoms with Gasteiger partial charge in [-0.25, -0.2) is 4.79 Å². The van der Waals surface area contributed by atoms with Crippen LogP contribution >= 0.6 is 23.2 Å². The number of piperidine rings is 1. The Kier molecular flexibility index (Phi) is 5.95. The molecule has 1 aromatic carbocycles. The van der Waals surface area contributed by atoms with Gasteiger partial charge in [-0.15, -0.1) is 0 Å². The Bertz CT molecular complexity index is 700. The number of ether oxygens (including phenoxy) is 1. The quantitative estimate of drug-likeness (QED) is 0.748. The molecule has 0 bridgehead atoms. The molecule has 0 aliphatic carbocycles. The smallest absolute Gasteiger partial charge is 0.332 e. The first-order valence-corrected chi connectivity index (χ1v) is 8.58. The molecule has 2 amide bonds. The van der Waals surface area contributed by atoms with Gasteiger partial charge in [-0.05, 0) is 31.0 Å². The van der Waals surface area contributed by atoms with Crippen LogP contribution in [0.2, 0.25) is 10.0 Å². The van der Waals surface area contributed by atoms with Gasteiger partial charge >= 0.3 is 5.97 Å². The monoisotopic (exact) mass is 386 g/mol. The van der Waals surface area contributed by atoms with Gasteiger partial charge in [-0.1, -0.05) is 23.2 Å². The van der Waals surface area contributed by atoms with Gasteiger partial charge in [-0.3, -0.25) is 14.5 Å². The van der Waals surface area contributed by atoms with Crippen molar-refractivity contribution in [2.75, 3.05) is 25.1 Å². The van der Waals surface area contributed by atoms with E-state index in [1.54, 1.807) is 17.0 Å². The van der Waals surface area contributed by atoms with Gasteiger partial charge in [0.1, 0.15) is 5.54 Å². The van der Waals surface area contributed by atoms with Crippen molar-refractivity contribution in [3.8, 4) is 0 Å². The van der Waals surface area contributed by atoms with Crippen LogP contribution in [-0.2, 0) is 19.1 Å². The maximum Gasteiger partial charge on any atom is 0.332 e. The van der Waals surface area contributed by atoms with Gasteiger partial charge < -0.3 is 9.64 Å². The third kappa shape index (κ3) is 3.75. The van der Waals surface area contributed by atoms with E-state index in [2.05, 4.69) is 0 Å². The molecule has 0 radical (unpaired) electrons. The van der Waals surface area contributed by atoms with E-state index in [0.29, 0.717) is 23.8 Å². The molecule has 2 rings (SSSR count). The maximum absolute atomic E-state index is 12.7. The van der Waals surface area contributed by atoms with Crippen LogP contribution in [0.1, 0.15) is 26.7 Å². The summed E-state index contributed by atoms with van der Waals surface area (Å²) in [6.07, 6.45) is 0.523. The highest BCUT2D eigenvalue weighted by atomic mass is 35.5. The number of esters is 1. The summed E-state index contributed by atoms with van der Waals surface area (Å²) in [4.78, 5) is 39.8. The number of benzene rings is 1. The Hall–Kier alpha value is -1.79. The third-order valence-corrected chi connectivity index (χ3v) is 5.03. The fourth-order valence-electron chi connectivity index (χ4n) is 3.26. The highest BCUT2D eigenvalue weighted by Gasteiger charge is 2.50. The predicted molar refractivity (Wildman–Crippen MR) is 95.9 cm³/mol. The molecule has 1 aliphatic rings. The Morgan fingerprint density at radius 2 is 1.76 bits per heavy atom. The van der Waals surface area contributed by atoms with Gasteiger partial charge in [0.2, 0.25) is 11.8 Å². The minimum Gasteiger partial charge on any atom is -0.467 e. The summed E-state index contributed by atoms with van der Waals surface area (Å²) in [7, 11) is 1.28. The molecule has 0 unspecified atom stereocenters. The lowest BCUT2D eigenvalue weighted by Gasteiger charge is -2.46. The summed E-state index contributed by atoms with van der Waals surface area (Å²) in [6.45, 7) is 3.54. The number of likely N-dealkylation sites (tertiary alicyclic amines) is 1. The van der Waals surface area contributed by atoms with Gasteiger partial charge in [0.15, 0.2) is 0 Å². The summed E-state index contributed by atoms with van der Waals surface area (Å²) in [6, 6.07) is 4.73. The van der Waals surface area contributed by atoms with Crippen LogP contribution in [0, 0.1) is 0 Å². The Labute approximate surface area is 156 Å². The molecular formula is C17H20Cl2N2O4. The zero-order valence-electron chi connectivity index (χ0n) is 14.3. The Morgan fingerprint density at radius 3 is 2.20 bits per heavy atom. The van der Waals surface area contributed by atoms with Crippen LogP contribution in [0.3, 0.4) is 0 Å². The third-order valence-electron chi connectivity index (χ3n) is 4.49. The number of hydrogen-bond donors (Lipinski definition) is 0. The van der Waals surface area contributed by atoms with Crippen molar-refractivity contribution >= 4 is 46.7 Å². The molecule has 1 aliphatic heterocycles. The number of halogens is 2. The average molecular weight is 387 g/mol. The number of carbonyl (C=O) groups excluding carboxylic acids is 3. The number of amides is 2. The van der Waals surface area contributed by atoms with Crippen molar-refractivity contribution in [2.45, 2.75) is 32.2 Å². The number of rotatable bonds is 3. The predicted octanol–water partition coefficient (Wildman–Crippen LogP) is 2.90. The maximum atomic E-state index is 12.7. The van der Waals surface area contributed by atoms with E-state index in [4.69, 9.17) is 27.9 Å². The van der Waals surface area contributed by atoms with Gasteiger partial charge in [0, 0.05) is 32.0 Å². The summed E-state index contributed by atoms with van der Waals surface area (Å²) < 4.78 is 5.00. The molecule has 0 N–H and O–H groups in total. The van der Waals surface area contributed by atoms with Crippen LogP contribution in [-0.4, -0.2) is 48.4 Å². The van der Waals surface area contributed by atoms with E-state index in [1.807, 2.05) is 0 Å². The standard InChI is InChI=1S/C17H20Cl2N2O4/c1-11(22)20-8-6-17(7-9-20,16(24)25-3)21(12(2)23)15-5-4-13(18)10-14(15)19/h4-5,10H,6-9H2,1-3H3. The summed E-state index contributed by atoms with van der Waals surface area (Å²) in [5.74, 6) is -0.944. The van der Waals surface area contributed by atoms with Crippen molar-refractivity contribution in [2.24, 2.45) is 0 Å². The summed E-state index contributed by atoms with van der Waals surface area (Å²) >= 11 is 12.2. The highest BCUT2D eigenvalue weighted by molar-refractivity contribution is 6.37. The van der Waals surface area contributed by atoms with Crippen LogP contribution in [0.25, 0.3) is 0 Å². The van der Waals surface area contributed by atoms with Gasteiger partial charge in [0.05, 0.1) is 17.8 Å². The molecule has 1 aromatic rings. The molecule has 1 fully saturated rings. The lowest BCUT2D eigenvalue weighted by molar-refractivity contribution is -0.152. The van der Waals surface area contributed by atoms with Crippen molar-refractivity contribution in [3.63, 3.8) is 0 Å². The molecule has 8 heteroatoms. The molecule has 0 aromatic heterocycles. The number of nitrogens with zero attached hydrogens (tertiary/aromatic N) is 2. The van der Waals surface area contributed by atoms with Crippen molar-refractivity contribution in [3.05, 3.63) is 28.2 Å².